The third-order valence-corrected chi connectivity index (χ3v) is 4.82. The number of carbonyl (C=O) groups is 2. The van der Waals surface area contributed by atoms with Crippen molar-refractivity contribution in [2.24, 2.45) is 10.2 Å². The van der Waals surface area contributed by atoms with Gasteiger partial charge < -0.3 is 15.0 Å². The van der Waals surface area contributed by atoms with Gasteiger partial charge in [-0.05, 0) is 49.2 Å². The molecule has 29 heavy (non-hydrogen) atoms. The van der Waals surface area contributed by atoms with E-state index in [0.717, 1.165) is 31.4 Å². The molecule has 2 aromatic carbocycles. The highest BCUT2D eigenvalue weighted by molar-refractivity contribution is 5.96. The van der Waals surface area contributed by atoms with Crippen LogP contribution in [-0.2, 0) is 9.53 Å². The van der Waals surface area contributed by atoms with Gasteiger partial charge in [0.1, 0.15) is 5.69 Å². The van der Waals surface area contributed by atoms with Crippen molar-refractivity contribution in [3.63, 3.8) is 0 Å². The molecule has 0 radical (unpaired) electrons. The second-order valence-corrected chi connectivity index (χ2v) is 7.25. The lowest BCUT2D eigenvalue weighted by atomic mass is 10.2. The fraction of sp³-hybridized carbons (Fsp3) is 0.364. The molecule has 1 aliphatic carbocycles. The van der Waals surface area contributed by atoms with Crippen molar-refractivity contribution in [2.75, 3.05) is 25.6 Å². The van der Waals surface area contributed by atoms with Gasteiger partial charge in [0.15, 0.2) is 6.61 Å². The fourth-order valence-electron chi connectivity index (χ4n) is 3.21. The normalized spacial score (nSPS) is 14.1. The van der Waals surface area contributed by atoms with Gasteiger partial charge in [0, 0.05) is 25.8 Å². The summed E-state index contributed by atoms with van der Waals surface area (Å²) in [4.78, 5) is 26.4. The van der Waals surface area contributed by atoms with Crippen molar-refractivity contribution in [1.29, 1.82) is 0 Å². The van der Waals surface area contributed by atoms with E-state index in [4.69, 9.17) is 4.74 Å². The van der Waals surface area contributed by atoms with Crippen molar-refractivity contribution in [3.8, 4) is 0 Å². The SMILES string of the molecule is CN(C)c1ccc(N=Nc2ccccc2C(=O)OCC(=O)NC2CCCC2)cc1. The van der Waals surface area contributed by atoms with Gasteiger partial charge in [-0.15, -0.1) is 5.11 Å². The molecule has 0 heterocycles. The predicted octanol–water partition coefficient (Wildman–Crippen LogP) is 4.38. The molecule has 1 amide bonds. The molecule has 1 N–H and O–H groups in total. The molecule has 1 saturated carbocycles. The summed E-state index contributed by atoms with van der Waals surface area (Å²) in [6.07, 6.45) is 4.22. The lowest BCUT2D eigenvalue weighted by molar-refractivity contribution is -0.124. The maximum absolute atomic E-state index is 12.4. The summed E-state index contributed by atoms with van der Waals surface area (Å²) in [7, 11) is 3.93. The highest BCUT2D eigenvalue weighted by Gasteiger charge is 2.19. The van der Waals surface area contributed by atoms with Gasteiger partial charge in [-0.25, -0.2) is 4.79 Å². The number of azo groups is 1. The highest BCUT2D eigenvalue weighted by atomic mass is 16.5. The largest absolute Gasteiger partial charge is 0.452 e. The summed E-state index contributed by atoms with van der Waals surface area (Å²) in [5.41, 5.74) is 2.40. The van der Waals surface area contributed by atoms with Gasteiger partial charge in [0.2, 0.25) is 0 Å². The maximum atomic E-state index is 12.4. The molecule has 0 bridgehead atoms. The number of rotatable bonds is 7. The molecule has 152 valence electrons. The molecule has 0 spiro atoms. The molecule has 0 aromatic heterocycles. The number of esters is 1. The minimum atomic E-state index is -0.593. The summed E-state index contributed by atoms with van der Waals surface area (Å²) < 4.78 is 5.18. The molecule has 1 fully saturated rings. The van der Waals surface area contributed by atoms with Gasteiger partial charge >= 0.3 is 5.97 Å². The molecular formula is C22H26N4O3. The monoisotopic (exact) mass is 394 g/mol. The quantitative estimate of drug-likeness (QED) is 0.558. The van der Waals surface area contributed by atoms with Crippen LogP contribution in [0.4, 0.5) is 17.1 Å². The van der Waals surface area contributed by atoms with Gasteiger partial charge in [-0.1, -0.05) is 25.0 Å². The minimum absolute atomic E-state index is 0.196. The van der Waals surface area contributed by atoms with Crippen LogP contribution < -0.4 is 10.2 Å². The first-order valence-corrected chi connectivity index (χ1v) is 9.77. The molecule has 1 aliphatic rings. The predicted molar refractivity (Wildman–Crippen MR) is 112 cm³/mol. The molecule has 3 rings (SSSR count). The highest BCUT2D eigenvalue weighted by Crippen LogP contribution is 2.24. The van der Waals surface area contributed by atoms with Gasteiger partial charge in [0.05, 0.1) is 11.3 Å². The molecule has 0 saturated heterocycles. The lowest BCUT2D eigenvalue weighted by Crippen LogP contribution is -2.35. The Hall–Kier alpha value is -3.22. The van der Waals surface area contributed by atoms with Crippen LogP contribution in [-0.4, -0.2) is 38.6 Å². The van der Waals surface area contributed by atoms with Gasteiger partial charge in [-0.2, -0.15) is 5.11 Å². The zero-order valence-electron chi connectivity index (χ0n) is 16.8. The van der Waals surface area contributed by atoms with Crippen LogP contribution in [0, 0.1) is 0 Å². The smallest absolute Gasteiger partial charge is 0.340 e. The number of benzene rings is 2. The Morgan fingerprint density at radius 1 is 1.03 bits per heavy atom. The summed E-state index contributed by atoms with van der Waals surface area (Å²) in [6.45, 7) is -0.299. The van der Waals surface area contributed by atoms with Crippen molar-refractivity contribution in [1.82, 2.24) is 5.32 Å². The summed E-state index contributed by atoms with van der Waals surface area (Å²) in [5, 5.41) is 11.3. The molecule has 0 unspecified atom stereocenters. The number of hydrogen-bond acceptors (Lipinski definition) is 6. The molecule has 7 nitrogen and oxygen atoms in total. The standard InChI is InChI=1S/C22H26N4O3/c1-26(2)18-13-11-17(12-14-18)24-25-20-10-6-5-9-19(20)22(28)29-15-21(27)23-16-7-3-4-8-16/h5-6,9-14,16H,3-4,7-8,15H2,1-2H3,(H,23,27). The topological polar surface area (TPSA) is 83.4 Å². The number of nitrogens with zero attached hydrogens (tertiary/aromatic N) is 3. The van der Waals surface area contributed by atoms with Crippen molar-refractivity contribution >= 4 is 28.9 Å². The summed E-state index contributed by atoms with van der Waals surface area (Å²) >= 11 is 0. The molecule has 2 aromatic rings. The Balaban J connectivity index is 1.61. The Morgan fingerprint density at radius 2 is 1.72 bits per heavy atom. The average molecular weight is 394 g/mol. The Labute approximate surface area is 170 Å². The second-order valence-electron chi connectivity index (χ2n) is 7.25. The first kappa shape index (κ1) is 20.5. The third-order valence-electron chi connectivity index (χ3n) is 4.82. The minimum Gasteiger partial charge on any atom is -0.452 e. The zero-order valence-corrected chi connectivity index (χ0v) is 16.8. The van der Waals surface area contributed by atoms with E-state index in [9.17, 15) is 9.59 Å². The van der Waals surface area contributed by atoms with E-state index in [2.05, 4.69) is 15.5 Å². The van der Waals surface area contributed by atoms with E-state index < -0.39 is 5.97 Å². The van der Waals surface area contributed by atoms with Crippen LogP contribution >= 0.6 is 0 Å². The van der Waals surface area contributed by atoms with Crippen LogP contribution in [0.15, 0.2) is 58.8 Å². The summed E-state index contributed by atoms with van der Waals surface area (Å²) in [6, 6.07) is 14.6. The number of amides is 1. The van der Waals surface area contributed by atoms with Crippen molar-refractivity contribution in [3.05, 3.63) is 54.1 Å². The lowest BCUT2D eigenvalue weighted by Gasteiger charge is -2.12. The van der Waals surface area contributed by atoms with Gasteiger partial charge in [-0.3, -0.25) is 4.79 Å². The molecule has 7 heteroatoms. The number of hydrogen-bond donors (Lipinski definition) is 1. The number of carbonyl (C=O) groups excluding carboxylic acids is 2. The van der Waals surface area contributed by atoms with E-state index >= 15 is 0 Å². The molecule has 0 aliphatic heterocycles. The van der Waals surface area contributed by atoms with Crippen LogP contribution in [0.2, 0.25) is 0 Å². The van der Waals surface area contributed by atoms with Crippen LogP contribution in [0.5, 0.6) is 0 Å². The Kier molecular flexibility index (Phi) is 6.94. The number of anilines is 1. The maximum Gasteiger partial charge on any atom is 0.340 e. The van der Waals surface area contributed by atoms with E-state index in [1.165, 1.54) is 0 Å². The Morgan fingerprint density at radius 3 is 2.41 bits per heavy atom. The van der Waals surface area contributed by atoms with Crippen LogP contribution in [0.25, 0.3) is 0 Å². The van der Waals surface area contributed by atoms with E-state index in [1.807, 2.05) is 43.3 Å². The first-order chi connectivity index (χ1) is 14.0. The first-order valence-electron chi connectivity index (χ1n) is 9.77. The zero-order chi connectivity index (χ0) is 20.6. The van der Waals surface area contributed by atoms with Crippen molar-refractivity contribution in [2.45, 2.75) is 31.7 Å². The van der Waals surface area contributed by atoms with Crippen LogP contribution in [0.3, 0.4) is 0 Å². The summed E-state index contributed by atoms with van der Waals surface area (Å²) in [5.74, 6) is -0.866. The van der Waals surface area contributed by atoms with E-state index in [0.29, 0.717) is 11.4 Å². The van der Waals surface area contributed by atoms with Crippen LogP contribution in [0.1, 0.15) is 36.0 Å². The van der Waals surface area contributed by atoms with E-state index in [1.54, 1.807) is 24.3 Å². The fourth-order valence-corrected chi connectivity index (χ4v) is 3.21. The average Bonchev–Trinajstić information content (AvgIpc) is 3.24. The Bertz CT molecular complexity index is 872. The number of ether oxygens (including phenoxy) is 1. The second kappa shape index (κ2) is 9.82. The number of nitrogens with one attached hydrogen (secondary N) is 1. The molecular weight excluding hydrogens is 368 g/mol. The molecule has 0 atom stereocenters. The van der Waals surface area contributed by atoms with E-state index in [-0.39, 0.29) is 24.1 Å². The third kappa shape index (κ3) is 5.88. The van der Waals surface area contributed by atoms with Crippen molar-refractivity contribution < 1.29 is 14.3 Å². The van der Waals surface area contributed by atoms with Gasteiger partial charge in [0.25, 0.3) is 5.91 Å².